The third kappa shape index (κ3) is 3.53. The Morgan fingerprint density at radius 2 is 1.28 bits per heavy atom. The lowest BCUT2D eigenvalue weighted by Crippen LogP contribution is -1.98. The zero-order chi connectivity index (χ0) is 25.8. The van der Waals surface area contributed by atoms with E-state index in [2.05, 4.69) is 123 Å². The molecular weight excluding hydrogens is 494 g/mol. The highest BCUT2D eigenvalue weighted by Gasteiger charge is 2.17. The van der Waals surface area contributed by atoms with E-state index >= 15 is 0 Å². The van der Waals surface area contributed by atoms with Gasteiger partial charge in [0.1, 0.15) is 5.82 Å². The molecule has 3 heterocycles. The van der Waals surface area contributed by atoms with Gasteiger partial charge in [-0.2, -0.15) is 0 Å². The van der Waals surface area contributed by atoms with Gasteiger partial charge in [-0.3, -0.25) is 4.57 Å². The van der Waals surface area contributed by atoms with Crippen LogP contribution in [0.5, 0.6) is 0 Å². The number of benzene rings is 5. The van der Waals surface area contributed by atoms with Crippen LogP contribution in [0, 0.1) is 0 Å². The smallest absolute Gasteiger partial charge is 0.144 e. The molecule has 8 rings (SSSR count). The third-order valence-electron chi connectivity index (χ3n) is 7.44. The lowest BCUT2D eigenvalue weighted by Gasteiger charge is -2.11. The first-order valence-electron chi connectivity index (χ1n) is 13.1. The zero-order valence-corrected chi connectivity index (χ0v) is 21.8. The van der Waals surface area contributed by atoms with Gasteiger partial charge in [0.2, 0.25) is 0 Å². The lowest BCUT2D eigenvalue weighted by molar-refractivity contribution is 1.06. The number of fused-ring (bicyclic) bond motifs is 5. The topological polar surface area (TPSA) is 22.8 Å². The SMILES string of the molecule is c1ccc(-c2cc3ccc4c(c5ccccc5n4-c4ccc(-n5ccnc5-c5ccccc5)cc4)c3s2)cc1. The quantitative estimate of drug-likeness (QED) is 0.228. The molecule has 0 fully saturated rings. The number of imidazole rings is 1. The van der Waals surface area contributed by atoms with Crippen molar-refractivity contribution in [3.8, 4) is 33.2 Å². The van der Waals surface area contributed by atoms with Gasteiger partial charge in [0.05, 0.1) is 11.0 Å². The highest BCUT2D eigenvalue weighted by Crippen LogP contribution is 2.42. The van der Waals surface area contributed by atoms with E-state index in [9.17, 15) is 0 Å². The van der Waals surface area contributed by atoms with Gasteiger partial charge in [-0.1, -0.05) is 84.9 Å². The van der Waals surface area contributed by atoms with Crippen LogP contribution in [0.2, 0.25) is 0 Å². The highest BCUT2D eigenvalue weighted by atomic mass is 32.1. The highest BCUT2D eigenvalue weighted by molar-refractivity contribution is 7.23. The molecule has 5 aromatic carbocycles. The van der Waals surface area contributed by atoms with E-state index in [0.717, 1.165) is 22.8 Å². The van der Waals surface area contributed by atoms with Crippen LogP contribution in [0.1, 0.15) is 0 Å². The molecule has 0 spiro atoms. The van der Waals surface area contributed by atoms with Crippen LogP contribution >= 0.6 is 11.3 Å². The number of nitrogens with zero attached hydrogens (tertiary/aromatic N) is 3. The van der Waals surface area contributed by atoms with Crippen molar-refractivity contribution < 1.29 is 0 Å². The van der Waals surface area contributed by atoms with E-state index in [4.69, 9.17) is 0 Å². The lowest BCUT2D eigenvalue weighted by atomic mass is 10.1. The van der Waals surface area contributed by atoms with Gasteiger partial charge in [0.25, 0.3) is 0 Å². The summed E-state index contributed by atoms with van der Waals surface area (Å²) in [6.45, 7) is 0. The van der Waals surface area contributed by atoms with Crippen molar-refractivity contribution in [1.82, 2.24) is 14.1 Å². The molecule has 184 valence electrons. The van der Waals surface area contributed by atoms with Crippen molar-refractivity contribution in [3.63, 3.8) is 0 Å². The minimum Gasteiger partial charge on any atom is -0.309 e. The summed E-state index contributed by atoms with van der Waals surface area (Å²) in [6, 6.07) is 45.4. The average molecular weight is 518 g/mol. The third-order valence-corrected chi connectivity index (χ3v) is 8.65. The Kier molecular flexibility index (Phi) is 5.00. The Morgan fingerprint density at radius 3 is 2.08 bits per heavy atom. The van der Waals surface area contributed by atoms with Crippen LogP contribution < -0.4 is 0 Å². The summed E-state index contributed by atoms with van der Waals surface area (Å²) >= 11 is 1.88. The Hall–Kier alpha value is -4.93. The largest absolute Gasteiger partial charge is 0.309 e. The van der Waals surface area contributed by atoms with Crippen LogP contribution in [-0.2, 0) is 0 Å². The molecule has 0 saturated heterocycles. The first-order chi connectivity index (χ1) is 19.3. The molecule has 0 bridgehead atoms. The van der Waals surface area contributed by atoms with Crippen LogP contribution in [0.25, 0.3) is 65.1 Å². The molecule has 0 unspecified atom stereocenters. The minimum atomic E-state index is 0.939. The number of aromatic nitrogens is 3. The van der Waals surface area contributed by atoms with Crippen LogP contribution in [0.4, 0.5) is 0 Å². The fourth-order valence-electron chi connectivity index (χ4n) is 5.65. The Morgan fingerprint density at radius 1 is 0.590 bits per heavy atom. The number of rotatable bonds is 4. The predicted octanol–water partition coefficient (Wildman–Crippen LogP) is 9.52. The molecule has 39 heavy (non-hydrogen) atoms. The molecule has 8 aromatic rings. The van der Waals surface area contributed by atoms with Crippen LogP contribution in [0.3, 0.4) is 0 Å². The maximum Gasteiger partial charge on any atom is 0.144 e. The van der Waals surface area contributed by atoms with Crippen molar-refractivity contribution in [1.29, 1.82) is 0 Å². The average Bonchev–Trinajstić information content (AvgIpc) is 3.74. The normalized spacial score (nSPS) is 11.6. The molecular formula is C35H23N3S. The summed E-state index contributed by atoms with van der Waals surface area (Å²) in [6.07, 6.45) is 3.88. The molecule has 0 aliphatic rings. The monoisotopic (exact) mass is 517 g/mol. The number of thiophene rings is 1. The molecule has 0 N–H and O–H groups in total. The maximum absolute atomic E-state index is 4.63. The second-order valence-corrected chi connectivity index (χ2v) is 10.8. The molecule has 0 aliphatic carbocycles. The van der Waals surface area contributed by atoms with Gasteiger partial charge in [0, 0.05) is 49.7 Å². The van der Waals surface area contributed by atoms with E-state index in [1.165, 1.54) is 42.3 Å². The Bertz CT molecular complexity index is 2100. The minimum absolute atomic E-state index is 0.939. The number of para-hydroxylation sites is 1. The second kappa shape index (κ2) is 8.83. The summed E-state index contributed by atoms with van der Waals surface area (Å²) in [5.74, 6) is 0.939. The van der Waals surface area contributed by atoms with Gasteiger partial charge in [-0.15, -0.1) is 11.3 Å². The Labute approximate surface area is 229 Å². The van der Waals surface area contributed by atoms with Crippen molar-refractivity contribution in [2.75, 3.05) is 0 Å². The molecule has 4 heteroatoms. The summed E-state index contributed by atoms with van der Waals surface area (Å²) in [5, 5.41) is 3.89. The molecule has 3 aromatic heterocycles. The van der Waals surface area contributed by atoms with E-state index in [1.54, 1.807) is 0 Å². The van der Waals surface area contributed by atoms with Gasteiger partial charge in [0.15, 0.2) is 0 Å². The first kappa shape index (κ1) is 22.1. The summed E-state index contributed by atoms with van der Waals surface area (Å²) in [7, 11) is 0. The van der Waals surface area contributed by atoms with E-state index in [-0.39, 0.29) is 0 Å². The maximum atomic E-state index is 4.63. The van der Waals surface area contributed by atoms with Gasteiger partial charge in [-0.25, -0.2) is 4.98 Å². The van der Waals surface area contributed by atoms with Gasteiger partial charge in [-0.05, 0) is 53.4 Å². The summed E-state index contributed by atoms with van der Waals surface area (Å²) in [5.41, 5.74) is 7.04. The summed E-state index contributed by atoms with van der Waals surface area (Å²) in [4.78, 5) is 5.93. The van der Waals surface area contributed by atoms with Crippen molar-refractivity contribution in [2.45, 2.75) is 0 Å². The van der Waals surface area contributed by atoms with E-state index in [1.807, 2.05) is 41.9 Å². The van der Waals surface area contributed by atoms with E-state index < -0.39 is 0 Å². The standard InChI is InChI=1S/C35H23N3S/c1-3-9-24(10-4-1)32-23-26-15-20-31-33(34(26)39-32)29-13-7-8-14-30(29)38(31)28-18-16-27(17-19-28)37-22-21-36-35(37)25-11-5-2-6-12-25/h1-23H. The molecule has 0 amide bonds. The molecule has 0 saturated carbocycles. The zero-order valence-electron chi connectivity index (χ0n) is 21.0. The van der Waals surface area contributed by atoms with Crippen molar-refractivity contribution in [2.24, 2.45) is 0 Å². The van der Waals surface area contributed by atoms with Crippen molar-refractivity contribution >= 4 is 43.2 Å². The van der Waals surface area contributed by atoms with Crippen molar-refractivity contribution in [3.05, 3.63) is 140 Å². The predicted molar refractivity (Wildman–Crippen MR) is 164 cm³/mol. The molecule has 0 radical (unpaired) electrons. The van der Waals surface area contributed by atoms with Crippen LogP contribution in [0.15, 0.2) is 140 Å². The summed E-state index contributed by atoms with van der Waals surface area (Å²) < 4.78 is 5.87. The van der Waals surface area contributed by atoms with Gasteiger partial charge < -0.3 is 4.57 Å². The van der Waals surface area contributed by atoms with E-state index in [0.29, 0.717) is 0 Å². The second-order valence-electron chi connectivity index (χ2n) is 9.71. The van der Waals surface area contributed by atoms with Crippen LogP contribution in [-0.4, -0.2) is 14.1 Å². The Balaban J connectivity index is 1.29. The molecule has 0 aliphatic heterocycles. The molecule has 0 atom stereocenters. The molecule has 3 nitrogen and oxygen atoms in total. The first-order valence-corrected chi connectivity index (χ1v) is 13.9. The fourth-order valence-corrected chi connectivity index (χ4v) is 6.87. The fraction of sp³-hybridized carbons (Fsp3) is 0. The number of hydrogen-bond acceptors (Lipinski definition) is 2. The van der Waals surface area contributed by atoms with Gasteiger partial charge >= 0.3 is 0 Å². The number of hydrogen-bond donors (Lipinski definition) is 0.